The first-order valence-corrected chi connectivity index (χ1v) is 11.9. The second-order valence-electron chi connectivity index (χ2n) is 11.2. The summed E-state index contributed by atoms with van der Waals surface area (Å²) in [6.45, 7) is 7.19. The molecule has 1 heteroatoms. The summed E-state index contributed by atoms with van der Waals surface area (Å²) in [6, 6.07) is 8.78. The monoisotopic (exact) mass is 378 g/mol. The predicted octanol–water partition coefficient (Wildman–Crippen LogP) is 6.78. The Labute approximate surface area is 171 Å². The summed E-state index contributed by atoms with van der Waals surface area (Å²) in [5.41, 5.74) is 4.52. The van der Waals surface area contributed by atoms with Gasteiger partial charge in [-0.15, -0.1) is 0 Å². The van der Waals surface area contributed by atoms with Gasteiger partial charge in [-0.05, 0) is 92.1 Å². The van der Waals surface area contributed by atoms with E-state index in [1.165, 1.54) is 68.1 Å². The summed E-state index contributed by atoms with van der Waals surface area (Å²) < 4.78 is 0. The number of aliphatic hydroxyl groups is 1. The van der Waals surface area contributed by atoms with Crippen molar-refractivity contribution in [3.05, 3.63) is 41.0 Å². The predicted molar refractivity (Wildman–Crippen MR) is 117 cm³/mol. The molecule has 0 unspecified atom stereocenters. The maximum absolute atomic E-state index is 11.4. The molecule has 0 radical (unpaired) electrons. The van der Waals surface area contributed by atoms with Crippen LogP contribution in [0.5, 0.6) is 0 Å². The van der Waals surface area contributed by atoms with Crippen LogP contribution in [0.2, 0.25) is 0 Å². The number of fused-ring (bicyclic) bond motifs is 5. The fourth-order valence-corrected chi connectivity index (χ4v) is 8.17. The Kier molecular flexibility index (Phi) is 4.54. The summed E-state index contributed by atoms with van der Waals surface area (Å²) >= 11 is 0. The minimum absolute atomic E-state index is 0.0928. The molecule has 1 aromatic rings. The molecule has 1 nitrogen and oxygen atoms in total. The molecule has 0 spiro atoms. The van der Waals surface area contributed by atoms with E-state index in [9.17, 15) is 5.11 Å². The first-order chi connectivity index (χ1) is 13.4. The summed E-state index contributed by atoms with van der Waals surface area (Å²) in [4.78, 5) is 0. The lowest BCUT2D eigenvalue weighted by atomic mass is 9.45. The first kappa shape index (κ1) is 18.9. The summed E-state index contributed by atoms with van der Waals surface area (Å²) in [7, 11) is 0. The van der Waals surface area contributed by atoms with Gasteiger partial charge in [-0.25, -0.2) is 0 Å². The zero-order valence-electron chi connectivity index (χ0n) is 18.1. The SMILES string of the molecule is Cc1ccc(/C=C2/C[C@@H]3[C@H]4CC[C@H]5CCCC[C@]5(C)[C@@H]4CC[C@]3(C)[C@@H]2O)cc1. The molecule has 0 bridgehead atoms. The normalized spacial score (nSPS) is 46.7. The van der Waals surface area contributed by atoms with Crippen LogP contribution in [0.15, 0.2) is 29.8 Å². The molecular weight excluding hydrogens is 340 g/mol. The van der Waals surface area contributed by atoms with E-state index in [1.807, 2.05) is 0 Å². The van der Waals surface area contributed by atoms with E-state index in [1.54, 1.807) is 0 Å². The van der Waals surface area contributed by atoms with Gasteiger partial charge in [0.1, 0.15) is 0 Å². The van der Waals surface area contributed by atoms with Crippen LogP contribution in [0.1, 0.15) is 82.8 Å². The first-order valence-electron chi connectivity index (χ1n) is 11.9. The zero-order chi connectivity index (χ0) is 19.5. The van der Waals surface area contributed by atoms with Gasteiger partial charge in [-0.3, -0.25) is 0 Å². The standard InChI is InChI=1S/C27H38O/c1-18-7-9-19(10-8-18)16-20-17-24-22-12-11-21-6-4-5-14-26(21,2)23(22)13-15-27(24,3)25(20)28/h7-10,16,21-25,28H,4-6,11-15,17H2,1-3H3/b20-16-/t21-,22+,23-,24-,25-,26+,27+/m1/s1. The fourth-order valence-electron chi connectivity index (χ4n) is 8.17. The van der Waals surface area contributed by atoms with Crippen molar-refractivity contribution in [2.75, 3.05) is 0 Å². The number of aliphatic hydroxyl groups excluding tert-OH is 1. The van der Waals surface area contributed by atoms with Crippen LogP contribution in [0.3, 0.4) is 0 Å². The molecule has 4 saturated carbocycles. The second kappa shape index (κ2) is 6.73. The highest BCUT2D eigenvalue weighted by atomic mass is 16.3. The van der Waals surface area contributed by atoms with Gasteiger partial charge in [0.15, 0.2) is 0 Å². The highest BCUT2D eigenvalue weighted by molar-refractivity contribution is 5.56. The lowest BCUT2D eigenvalue weighted by Crippen LogP contribution is -2.53. The van der Waals surface area contributed by atoms with Crippen molar-refractivity contribution in [2.24, 2.45) is 34.5 Å². The average Bonchev–Trinajstić information content (AvgIpc) is 2.94. The van der Waals surface area contributed by atoms with E-state index in [4.69, 9.17) is 0 Å². The van der Waals surface area contributed by atoms with Crippen molar-refractivity contribution in [3.63, 3.8) is 0 Å². The van der Waals surface area contributed by atoms with Gasteiger partial charge in [0.05, 0.1) is 6.10 Å². The number of aryl methyl sites for hydroxylation is 1. The third-order valence-corrected chi connectivity index (χ3v) is 9.88. The Bertz CT molecular complexity index is 761. The van der Waals surface area contributed by atoms with E-state index in [-0.39, 0.29) is 11.5 Å². The van der Waals surface area contributed by atoms with Gasteiger partial charge in [-0.2, -0.15) is 0 Å². The van der Waals surface area contributed by atoms with Crippen LogP contribution in [0.4, 0.5) is 0 Å². The van der Waals surface area contributed by atoms with Gasteiger partial charge in [-0.1, -0.05) is 62.6 Å². The summed E-state index contributed by atoms with van der Waals surface area (Å²) in [5.74, 6) is 3.38. The molecule has 0 amide bonds. The van der Waals surface area contributed by atoms with E-state index in [0.29, 0.717) is 11.3 Å². The minimum atomic E-state index is -0.253. The second-order valence-corrected chi connectivity index (χ2v) is 11.2. The highest BCUT2D eigenvalue weighted by Gasteiger charge is 2.60. The quantitative estimate of drug-likeness (QED) is 0.571. The minimum Gasteiger partial charge on any atom is -0.388 e. The molecular formula is C27H38O. The number of benzene rings is 1. The Morgan fingerprint density at radius 2 is 1.68 bits per heavy atom. The smallest absolute Gasteiger partial charge is 0.0809 e. The molecule has 0 heterocycles. The Morgan fingerprint density at radius 3 is 2.46 bits per heavy atom. The highest BCUT2D eigenvalue weighted by Crippen LogP contribution is 2.67. The molecule has 0 aliphatic heterocycles. The molecule has 4 aliphatic rings. The van der Waals surface area contributed by atoms with Crippen molar-refractivity contribution in [1.29, 1.82) is 0 Å². The molecule has 4 aliphatic carbocycles. The average molecular weight is 379 g/mol. The number of rotatable bonds is 1. The maximum atomic E-state index is 11.4. The van der Waals surface area contributed by atoms with Gasteiger partial charge in [0.2, 0.25) is 0 Å². The van der Waals surface area contributed by atoms with Crippen LogP contribution in [-0.2, 0) is 0 Å². The van der Waals surface area contributed by atoms with Crippen molar-refractivity contribution >= 4 is 6.08 Å². The van der Waals surface area contributed by atoms with Crippen LogP contribution >= 0.6 is 0 Å². The fraction of sp³-hybridized carbons (Fsp3) is 0.704. The molecule has 1 aromatic carbocycles. The van der Waals surface area contributed by atoms with Crippen LogP contribution in [0.25, 0.3) is 6.08 Å². The Hall–Kier alpha value is -1.08. The maximum Gasteiger partial charge on any atom is 0.0809 e. The molecule has 0 aromatic heterocycles. The van der Waals surface area contributed by atoms with Crippen LogP contribution in [-0.4, -0.2) is 11.2 Å². The van der Waals surface area contributed by atoms with Crippen LogP contribution in [0, 0.1) is 41.4 Å². The van der Waals surface area contributed by atoms with Gasteiger partial charge in [0, 0.05) is 5.41 Å². The van der Waals surface area contributed by atoms with Crippen LogP contribution < -0.4 is 0 Å². The summed E-state index contributed by atoms with van der Waals surface area (Å²) in [5, 5.41) is 11.4. The van der Waals surface area contributed by atoms with Crippen molar-refractivity contribution < 1.29 is 5.11 Å². The number of hydrogen-bond acceptors (Lipinski definition) is 1. The van der Waals surface area contributed by atoms with Gasteiger partial charge < -0.3 is 5.11 Å². The Morgan fingerprint density at radius 1 is 0.893 bits per heavy atom. The van der Waals surface area contributed by atoms with E-state index >= 15 is 0 Å². The zero-order valence-corrected chi connectivity index (χ0v) is 18.1. The molecule has 28 heavy (non-hydrogen) atoms. The molecule has 1 N–H and O–H groups in total. The van der Waals surface area contributed by atoms with E-state index < -0.39 is 0 Å². The number of hydrogen-bond donors (Lipinski definition) is 1. The Balaban J connectivity index is 1.45. The lowest BCUT2D eigenvalue weighted by molar-refractivity contribution is -0.119. The summed E-state index contributed by atoms with van der Waals surface area (Å²) in [6.07, 6.45) is 14.4. The van der Waals surface area contributed by atoms with E-state index in [2.05, 4.69) is 51.1 Å². The lowest BCUT2D eigenvalue weighted by Gasteiger charge is -2.60. The van der Waals surface area contributed by atoms with Gasteiger partial charge >= 0.3 is 0 Å². The molecule has 5 rings (SSSR count). The largest absolute Gasteiger partial charge is 0.388 e. The molecule has 4 fully saturated rings. The molecule has 7 atom stereocenters. The topological polar surface area (TPSA) is 20.2 Å². The van der Waals surface area contributed by atoms with E-state index in [0.717, 1.165) is 24.2 Å². The van der Waals surface area contributed by atoms with Crippen molar-refractivity contribution in [2.45, 2.75) is 84.7 Å². The third kappa shape index (κ3) is 2.76. The van der Waals surface area contributed by atoms with Crippen molar-refractivity contribution in [3.8, 4) is 0 Å². The molecule has 0 saturated heterocycles. The third-order valence-electron chi connectivity index (χ3n) is 9.88. The molecule has 152 valence electrons. The van der Waals surface area contributed by atoms with Gasteiger partial charge in [0.25, 0.3) is 0 Å². The van der Waals surface area contributed by atoms with Crippen molar-refractivity contribution in [1.82, 2.24) is 0 Å².